The third kappa shape index (κ3) is 3.97. The number of hydrogen-bond acceptors (Lipinski definition) is 6. The molecule has 1 amide bonds. The highest BCUT2D eigenvalue weighted by Gasteiger charge is 2.34. The molecule has 0 unspecified atom stereocenters. The number of nitrogens with two attached hydrogens (primary N) is 3. The van der Waals surface area contributed by atoms with E-state index >= 15 is 0 Å². The molecule has 2 aromatic carbocycles. The van der Waals surface area contributed by atoms with E-state index in [1.807, 2.05) is 41.0 Å². The van der Waals surface area contributed by atoms with Gasteiger partial charge in [-0.15, -0.1) is 0 Å². The zero-order chi connectivity index (χ0) is 26.4. The lowest BCUT2D eigenvalue weighted by molar-refractivity contribution is 0.1000. The first kappa shape index (κ1) is 23.7. The first-order valence-electron chi connectivity index (χ1n) is 12.4. The maximum atomic E-state index is 13.6. The molecular formula is C29H26FN7O. The van der Waals surface area contributed by atoms with Gasteiger partial charge in [0.2, 0.25) is 5.91 Å². The molecule has 0 bridgehead atoms. The summed E-state index contributed by atoms with van der Waals surface area (Å²) >= 11 is 0. The van der Waals surface area contributed by atoms with Gasteiger partial charge < -0.3 is 17.2 Å². The molecular weight excluding hydrogens is 481 g/mol. The Balaban J connectivity index is 1.56. The molecule has 9 heteroatoms. The molecule has 1 fully saturated rings. The molecule has 1 saturated carbocycles. The summed E-state index contributed by atoms with van der Waals surface area (Å²) in [6, 6.07) is 20.1. The number of nitrogens with zero attached hydrogens (tertiary/aromatic N) is 4. The first-order chi connectivity index (χ1) is 18.4. The highest BCUT2D eigenvalue weighted by molar-refractivity contribution is 5.94. The lowest BCUT2D eigenvalue weighted by atomic mass is 9.73. The lowest BCUT2D eigenvalue weighted by Gasteiger charge is -2.38. The zero-order valence-corrected chi connectivity index (χ0v) is 20.6. The molecule has 1 aliphatic rings. The summed E-state index contributed by atoms with van der Waals surface area (Å²) in [4.78, 5) is 25.9. The number of hydrogen-bond donors (Lipinski definition) is 3. The van der Waals surface area contributed by atoms with Gasteiger partial charge in [0.1, 0.15) is 18.0 Å². The number of aromatic nitrogens is 4. The summed E-state index contributed by atoms with van der Waals surface area (Å²) in [7, 11) is 0. The molecule has 5 aromatic rings. The van der Waals surface area contributed by atoms with Crippen molar-refractivity contribution in [1.29, 1.82) is 0 Å². The van der Waals surface area contributed by atoms with E-state index in [9.17, 15) is 9.18 Å². The van der Waals surface area contributed by atoms with E-state index in [1.54, 1.807) is 30.5 Å². The minimum atomic E-state index is -0.728. The van der Waals surface area contributed by atoms with Crippen LogP contribution in [-0.4, -0.2) is 25.4 Å². The van der Waals surface area contributed by atoms with Crippen LogP contribution < -0.4 is 17.2 Å². The van der Waals surface area contributed by atoms with Gasteiger partial charge in [0.15, 0.2) is 11.5 Å². The summed E-state index contributed by atoms with van der Waals surface area (Å²) in [5.74, 6) is 0.300. The van der Waals surface area contributed by atoms with Gasteiger partial charge >= 0.3 is 0 Å². The molecule has 8 nitrogen and oxygen atoms in total. The molecule has 190 valence electrons. The molecule has 0 saturated heterocycles. The van der Waals surface area contributed by atoms with Gasteiger partial charge in [-0.25, -0.2) is 19.3 Å². The van der Waals surface area contributed by atoms with Gasteiger partial charge in [0.05, 0.1) is 11.3 Å². The van der Waals surface area contributed by atoms with Crippen molar-refractivity contribution < 1.29 is 9.18 Å². The number of fused-ring (bicyclic) bond motifs is 1. The zero-order valence-electron chi connectivity index (χ0n) is 20.6. The molecule has 0 atom stereocenters. The molecule has 6 N–H and O–H groups in total. The Labute approximate surface area is 218 Å². The van der Waals surface area contributed by atoms with E-state index < -0.39 is 12.6 Å². The van der Waals surface area contributed by atoms with Gasteiger partial charge in [-0.1, -0.05) is 12.1 Å². The number of carbonyl (C=O) groups is 1. The predicted molar refractivity (Wildman–Crippen MR) is 145 cm³/mol. The summed E-state index contributed by atoms with van der Waals surface area (Å²) in [6.07, 6.45) is 4.69. The number of nitrogen functional groups attached to an aromatic ring is 1. The number of primary amides is 1. The third-order valence-electron chi connectivity index (χ3n) is 7.26. The van der Waals surface area contributed by atoms with Crippen LogP contribution in [0.25, 0.3) is 39.5 Å². The number of imidazole rings is 1. The number of rotatable bonds is 6. The Morgan fingerprint density at radius 2 is 1.82 bits per heavy atom. The Morgan fingerprint density at radius 3 is 2.47 bits per heavy atom. The van der Waals surface area contributed by atoms with Crippen LogP contribution >= 0.6 is 0 Å². The van der Waals surface area contributed by atoms with Crippen molar-refractivity contribution in [1.82, 2.24) is 19.5 Å². The minimum absolute atomic E-state index is 0.219. The number of anilines is 1. The van der Waals surface area contributed by atoms with E-state index in [0.29, 0.717) is 45.2 Å². The number of halogens is 1. The predicted octanol–water partition coefficient (Wildman–Crippen LogP) is 4.64. The minimum Gasteiger partial charge on any atom is -0.383 e. The van der Waals surface area contributed by atoms with Crippen molar-refractivity contribution in [2.45, 2.75) is 31.5 Å². The quantitative estimate of drug-likeness (QED) is 0.306. The fourth-order valence-corrected chi connectivity index (χ4v) is 5.00. The fraction of sp³-hybridized carbons (Fsp3) is 0.172. The van der Waals surface area contributed by atoms with Crippen LogP contribution in [0.1, 0.15) is 40.7 Å². The summed E-state index contributed by atoms with van der Waals surface area (Å²) < 4.78 is 15.5. The van der Waals surface area contributed by atoms with E-state index in [2.05, 4.69) is 4.98 Å². The van der Waals surface area contributed by atoms with Crippen LogP contribution in [0.3, 0.4) is 0 Å². The van der Waals surface area contributed by atoms with E-state index in [4.69, 9.17) is 27.2 Å². The van der Waals surface area contributed by atoms with Gasteiger partial charge in [0, 0.05) is 28.6 Å². The van der Waals surface area contributed by atoms with E-state index in [-0.39, 0.29) is 11.1 Å². The normalized spacial score (nSPS) is 14.4. The van der Waals surface area contributed by atoms with Crippen molar-refractivity contribution in [3.63, 3.8) is 0 Å². The largest absolute Gasteiger partial charge is 0.383 e. The van der Waals surface area contributed by atoms with E-state index in [1.165, 1.54) is 6.07 Å². The Bertz CT molecular complexity index is 1690. The van der Waals surface area contributed by atoms with Crippen molar-refractivity contribution >= 4 is 22.9 Å². The third-order valence-corrected chi connectivity index (χ3v) is 7.26. The van der Waals surface area contributed by atoms with Crippen molar-refractivity contribution in [3.05, 3.63) is 89.6 Å². The van der Waals surface area contributed by atoms with Crippen LogP contribution in [0.5, 0.6) is 0 Å². The Kier molecular flexibility index (Phi) is 5.65. The molecule has 3 aromatic heterocycles. The second kappa shape index (κ2) is 9.04. The van der Waals surface area contributed by atoms with Crippen LogP contribution in [-0.2, 0) is 12.2 Å². The van der Waals surface area contributed by atoms with Crippen molar-refractivity contribution in [2.75, 3.05) is 5.73 Å². The highest BCUT2D eigenvalue weighted by atomic mass is 19.1. The van der Waals surface area contributed by atoms with Gasteiger partial charge in [0.25, 0.3) is 0 Å². The SMILES string of the molecule is NC(=O)c1cc(CF)cc(-c2ccc3nc(-c4cccnc4N)n(-c4ccc(C5(N)CCC5)cc4)c3n2)c1. The fourth-order valence-electron chi connectivity index (χ4n) is 5.00. The van der Waals surface area contributed by atoms with Gasteiger partial charge in [-0.05, 0) is 85.0 Å². The first-order valence-corrected chi connectivity index (χ1v) is 12.4. The standard InChI is InChI=1S/C29H26FN7O/c30-16-17-13-18(15-19(14-17)26(32)38)23-8-9-24-28(35-23)37(27(36-24)22-3-1-12-34-25(22)31)21-6-4-20(5-7-21)29(33)10-2-11-29/h1,3-9,12-15H,2,10-11,16,33H2,(H2,31,34)(H2,32,38). The van der Waals surface area contributed by atoms with Gasteiger partial charge in [-0.2, -0.15) is 0 Å². The maximum Gasteiger partial charge on any atom is 0.248 e. The number of carbonyl (C=O) groups excluding carboxylic acids is 1. The Hall–Kier alpha value is -4.63. The van der Waals surface area contributed by atoms with Crippen LogP contribution in [0.15, 0.2) is 72.9 Å². The molecule has 0 radical (unpaired) electrons. The average molecular weight is 508 g/mol. The highest BCUT2D eigenvalue weighted by Crippen LogP contribution is 2.39. The summed E-state index contributed by atoms with van der Waals surface area (Å²) in [6.45, 7) is -0.728. The second-order valence-corrected chi connectivity index (χ2v) is 9.72. The van der Waals surface area contributed by atoms with Gasteiger partial charge in [-0.3, -0.25) is 9.36 Å². The summed E-state index contributed by atoms with van der Waals surface area (Å²) in [5, 5.41) is 0. The molecule has 3 heterocycles. The lowest BCUT2D eigenvalue weighted by Crippen LogP contribution is -2.43. The molecule has 0 spiro atoms. The molecule has 6 rings (SSSR count). The smallest absolute Gasteiger partial charge is 0.248 e. The second-order valence-electron chi connectivity index (χ2n) is 9.72. The topological polar surface area (TPSA) is 139 Å². The van der Waals surface area contributed by atoms with Crippen LogP contribution in [0.4, 0.5) is 10.2 Å². The number of amides is 1. The molecule has 38 heavy (non-hydrogen) atoms. The van der Waals surface area contributed by atoms with E-state index in [0.717, 1.165) is 30.5 Å². The monoisotopic (exact) mass is 507 g/mol. The molecule has 1 aliphatic carbocycles. The maximum absolute atomic E-state index is 13.6. The van der Waals surface area contributed by atoms with Crippen molar-refractivity contribution in [2.24, 2.45) is 11.5 Å². The van der Waals surface area contributed by atoms with Crippen LogP contribution in [0.2, 0.25) is 0 Å². The Morgan fingerprint density at radius 1 is 1.03 bits per heavy atom. The van der Waals surface area contributed by atoms with Crippen molar-refractivity contribution in [3.8, 4) is 28.3 Å². The number of benzene rings is 2. The number of alkyl halides is 1. The van der Waals surface area contributed by atoms with Crippen LogP contribution in [0, 0.1) is 0 Å². The summed E-state index contributed by atoms with van der Waals surface area (Å²) in [5.41, 5.74) is 23.5. The average Bonchev–Trinajstić information content (AvgIpc) is 3.30. The molecule has 0 aliphatic heterocycles. The number of pyridine rings is 2.